The number of hydrogen-bond donors (Lipinski definition) is 1. The van der Waals surface area contributed by atoms with E-state index in [2.05, 4.69) is 0 Å². The number of carbonyl (C=O) groups is 1. The molecule has 1 aliphatic rings. The van der Waals surface area contributed by atoms with Gasteiger partial charge in [0.15, 0.2) is 0 Å². The van der Waals surface area contributed by atoms with E-state index in [1.807, 2.05) is 0 Å². The highest BCUT2D eigenvalue weighted by Gasteiger charge is 2.09. The molecule has 0 aliphatic carbocycles. The van der Waals surface area contributed by atoms with Gasteiger partial charge in [-0.2, -0.15) is 0 Å². The van der Waals surface area contributed by atoms with Gasteiger partial charge in [-0.25, -0.2) is 0 Å². The van der Waals surface area contributed by atoms with Crippen LogP contribution >= 0.6 is 0 Å². The molecular weight excluding hydrogens is 180 g/mol. The van der Waals surface area contributed by atoms with Crippen molar-refractivity contribution in [2.75, 3.05) is 6.61 Å². The minimum atomic E-state index is -0.460. The second-order valence-corrected chi connectivity index (χ2v) is 4.00. The van der Waals surface area contributed by atoms with Gasteiger partial charge in [-0.05, 0) is 12.8 Å². The van der Waals surface area contributed by atoms with Crippen molar-refractivity contribution >= 4 is 5.97 Å². The summed E-state index contributed by atoms with van der Waals surface area (Å²) in [6.45, 7) is 0.179. The molecule has 1 fully saturated rings. The van der Waals surface area contributed by atoms with Crippen LogP contribution in [0.5, 0.6) is 0 Å². The fraction of sp³-hybridized carbons (Fsp3) is 0.909. The lowest BCUT2D eigenvalue weighted by Gasteiger charge is -2.12. The second-order valence-electron chi connectivity index (χ2n) is 4.00. The molecule has 3 nitrogen and oxygen atoms in total. The van der Waals surface area contributed by atoms with Gasteiger partial charge in [0, 0.05) is 6.42 Å². The molecule has 0 aromatic rings. The third kappa shape index (κ3) is 5.22. The zero-order valence-corrected chi connectivity index (χ0v) is 8.71. The van der Waals surface area contributed by atoms with Crippen LogP contribution in [0.25, 0.3) is 0 Å². The lowest BCUT2D eigenvalue weighted by atomic mass is 10.1. The third-order valence-electron chi connectivity index (χ3n) is 2.60. The van der Waals surface area contributed by atoms with Crippen molar-refractivity contribution in [1.82, 2.24) is 0 Å². The number of carbonyl (C=O) groups excluding carboxylic acids is 1. The van der Waals surface area contributed by atoms with Crippen molar-refractivity contribution in [3.63, 3.8) is 0 Å². The van der Waals surface area contributed by atoms with Crippen molar-refractivity contribution in [2.45, 2.75) is 57.5 Å². The highest BCUT2D eigenvalue weighted by Crippen LogP contribution is 2.12. The minimum Gasteiger partial charge on any atom is -0.463 e. The van der Waals surface area contributed by atoms with E-state index in [-0.39, 0.29) is 12.6 Å². The summed E-state index contributed by atoms with van der Waals surface area (Å²) in [5, 5.41) is 9.43. The molecular formula is C11H20O3. The SMILES string of the molecule is O=C1CCCCCCCCC(O)CO1. The Bertz CT molecular complexity index is 168. The van der Waals surface area contributed by atoms with Crippen molar-refractivity contribution in [1.29, 1.82) is 0 Å². The van der Waals surface area contributed by atoms with Gasteiger partial charge in [-0.1, -0.05) is 32.1 Å². The summed E-state index contributed by atoms with van der Waals surface area (Å²) in [6, 6.07) is 0. The molecule has 14 heavy (non-hydrogen) atoms. The smallest absolute Gasteiger partial charge is 0.305 e. The molecule has 1 heterocycles. The number of rotatable bonds is 0. The number of esters is 1. The first kappa shape index (κ1) is 11.5. The van der Waals surface area contributed by atoms with Crippen LogP contribution in [0.2, 0.25) is 0 Å². The molecule has 0 aromatic heterocycles. The fourth-order valence-electron chi connectivity index (χ4n) is 1.70. The molecule has 0 saturated carbocycles. The highest BCUT2D eigenvalue weighted by atomic mass is 16.5. The monoisotopic (exact) mass is 200 g/mol. The summed E-state index contributed by atoms with van der Waals surface area (Å²) in [7, 11) is 0. The van der Waals surface area contributed by atoms with Crippen LogP contribution in [0.1, 0.15) is 51.4 Å². The largest absolute Gasteiger partial charge is 0.463 e. The third-order valence-corrected chi connectivity index (χ3v) is 2.60. The Hall–Kier alpha value is -0.570. The summed E-state index contributed by atoms with van der Waals surface area (Å²) >= 11 is 0. The van der Waals surface area contributed by atoms with Crippen LogP contribution in [0.3, 0.4) is 0 Å². The van der Waals surface area contributed by atoms with Crippen LogP contribution in [-0.4, -0.2) is 23.8 Å². The Morgan fingerprint density at radius 1 is 1.07 bits per heavy atom. The Labute approximate surface area is 85.5 Å². The maximum Gasteiger partial charge on any atom is 0.305 e. The number of aliphatic hydroxyl groups is 1. The molecule has 1 unspecified atom stereocenters. The highest BCUT2D eigenvalue weighted by molar-refractivity contribution is 5.69. The number of hydrogen-bond acceptors (Lipinski definition) is 3. The topological polar surface area (TPSA) is 46.5 Å². The van der Waals surface area contributed by atoms with Crippen molar-refractivity contribution in [3.05, 3.63) is 0 Å². The van der Waals surface area contributed by atoms with Gasteiger partial charge < -0.3 is 9.84 Å². The van der Waals surface area contributed by atoms with Gasteiger partial charge in [0.05, 0.1) is 6.10 Å². The van der Waals surface area contributed by atoms with Gasteiger partial charge in [0.25, 0.3) is 0 Å². The zero-order chi connectivity index (χ0) is 10.2. The van der Waals surface area contributed by atoms with E-state index in [0.717, 1.165) is 25.7 Å². The molecule has 0 aromatic carbocycles. The summed E-state index contributed by atoms with van der Waals surface area (Å²) in [6.07, 6.45) is 7.50. The lowest BCUT2D eigenvalue weighted by molar-refractivity contribution is -0.146. The van der Waals surface area contributed by atoms with Crippen molar-refractivity contribution in [3.8, 4) is 0 Å². The average molecular weight is 200 g/mol. The summed E-state index contributed by atoms with van der Waals surface area (Å²) in [5.41, 5.74) is 0. The summed E-state index contributed by atoms with van der Waals surface area (Å²) in [5.74, 6) is -0.162. The van der Waals surface area contributed by atoms with Crippen LogP contribution in [-0.2, 0) is 9.53 Å². The molecule has 1 N–H and O–H groups in total. The standard InChI is InChI=1S/C11H20O3/c12-10-7-5-3-1-2-4-6-8-11(13)14-9-10/h10,12H,1-9H2. The van der Waals surface area contributed by atoms with E-state index >= 15 is 0 Å². The number of cyclic esters (lactones) is 1. The van der Waals surface area contributed by atoms with E-state index < -0.39 is 6.10 Å². The van der Waals surface area contributed by atoms with Gasteiger partial charge in [0.2, 0.25) is 0 Å². The summed E-state index contributed by atoms with van der Waals surface area (Å²) < 4.78 is 4.94. The molecule has 1 saturated heterocycles. The van der Waals surface area contributed by atoms with Gasteiger partial charge in [-0.15, -0.1) is 0 Å². The maximum atomic E-state index is 11.1. The Morgan fingerprint density at radius 2 is 1.71 bits per heavy atom. The van der Waals surface area contributed by atoms with E-state index in [4.69, 9.17) is 4.74 Å². The average Bonchev–Trinajstić information content (AvgIpc) is 2.17. The molecule has 82 valence electrons. The number of ether oxygens (including phenoxy) is 1. The first-order valence-electron chi connectivity index (χ1n) is 5.63. The minimum absolute atomic E-state index is 0.162. The molecule has 1 rings (SSSR count). The van der Waals surface area contributed by atoms with Crippen LogP contribution in [0.15, 0.2) is 0 Å². The normalized spacial score (nSPS) is 27.2. The van der Waals surface area contributed by atoms with Crippen LogP contribution < -0.4 is 0 Å². The van der Waals surface area contributed by atoms with E-state index in [9.17, 15) is 9.90 Å². The van der Waals surface area contributed by atoms with E-state index in [1.165, 1.54) is 19.3 Å². The first-order valence-corrected chi connectivity index (χ1v) is 5.63. The molecule has 0 amide bonds. The van der Waals surface area contributed by atoms with Crippen LogP contribution in [0.4, 0.5) is 0 Å². The van der Waals surface area contributed by atoms with Crippen molar-refractivity contribution in [2.24, 2.45) is 0 Å². The quantitative estimate of drug-likeness (QED) is 0.608. The fourth-order valence-corrected chi connectivity index (χ4v) is 1.70. The predicted molar refractivity (Wildman–Crippen MR) is 53.9 cm³/mol. The molecule has 1 aliphatic heterocycles. The molecule has 3 heteroatoms. The van der Waals surface area contributed by atoms with Crippen LogP contribution in [0, 0.1) is 0 Å². The molecule has 1 atom stereocenters. The zero-order valence-electron chi connectivity index (χ0n) is 8.71. The van der Waals surface area contributed by atoms with Crippen molar-refractivity contribution < 1.29 is 14.6 Å². The second kappa shape index (κ2) is 6.82. The first-order chi connectivity index (χ1) is 6.79. The predicted octanol–water partition coefficient (Wildman–Crippen LogP) is 2.02. The van der Waals surface area contributed by atoms with Gasteiger partial charge >= 0.3 is 5.97 Å². The van der Waals surface area contributed by atoms with E-state index in [0.29, 0.717) is 6.42 Å². The Balaban J connectivity index is 2.25. The molecule has 0 bridgehead atoms. The van der Waals surface area contributed by atoms with E-state index in [1.54, 1.807) is 0 Å². The maximum absolute atomic E-state index is 11.1. The van der Waals surface area contributed by atoms with Gasteiger partial charge in [0.1, 0.15) is 6.61 Å². The molecule has 0 spiro atoms. The van der Waals surface area contributed by atoms with Gasteiger partial charge in [-0.3, -0.25) is 4.79 Å². The Kier molecular flexibility index (Phi) is 5.60. The number of aliphatic hydroxyl groups excluding tert-OH is 1. The Morgan fingerprint density at radius 3 is 2.50 bits per heavy atom. The molecule has 0 radical (unpaired) electrons. The lowest BCUT2D eigenvalue weighted by Crippen LogP contribution is -2.18. The summed E-state index contributed by atoms with van der Waals surface area (Å²) in [4.78, 5) is 11.1.